The van der Waals surface area contributed by atoms with Crippen LogP contribution < -0.4 is 10.6 Å². The molecule has 15 heavy (non-hydrogen) atoms. The molecule has 0 radical (unpaired) electrons. The Bertz CT molecular complexity index is 361. The summed E-state index contributed by atoms with van der Waals surface area (Å²) in [4.78, 5) is 15.8. The molecule has 0 bridgehead atoms. The van der Waals surface area contributed by atoms with E-state index < -0.39 is 0 Å². The van der Waals surface area contributed by atoms with Crippen molar-refractivity contribution < 1.29 is 4.79 Å². The molecule has 6 nitrogen and oxygen atoms in total. The number of aryl methyl sites for hydroxylation is 1. The summed E-state index contributed by atoms with van der Waals surface area (Å²) in [7, 11) is 1.75. The van der Waals surface area contributed by atoms with Gasteiger partial charge in [-0.1, -0.05) is 6.92 Å². The summed E-state index contributed by atoms with van der Waals surface area (Å²) in [6, 6.07) is 0. The Morgan fingerprint density at radius 1 is 1.67 bits per heavy atom. The summed E-state index contributed by atoms with van der Waals surface area (Å²) in [6.45, 7) is 3.71. The van der Waals surface area contributed by atoms with Crippen molar-refractivity contribution in [1.29, 1.82) is 0 Å². The first-order valence-corrected chi connectivity index (χ1v) is 5.04. The molecule has 6 heteroatoms. The van der Waals surface area contributed by atoms with Crippen LogP contribution in [0.5, 0.6) is 0 Å². The molecule has 2 unspecified atom stereocenters. The minimum absolute atomic E-state index is 0.0172. The largest absolute Gasteiger partial charge is 0.316 e. The highest BCUT2D eigenvalue weighted by molar-refractivity contribution is 5.91. The van der Waals surface area contributed by atoms with Gasteiger partial charge in [0, 0.05) is 13.6 Å². The van der Waals surface area contributed by atoms with Crippen LogP contribution in [0.25, 0.3) is 0 Å². The third-order valence-corrected chi connectivity index (χ3v) is 2.80. The van der Waals surface area contributed by atoms with E-state index in [4.69, 9.17) is 0 Å². The highest BCUT2D eigenvalue weighted by atomic mass is 16.2. The van der Waals surface area contributed by atoms with Crippen molar-refractivity contribution in [3.8, 4) is 0 Å². The van der Waals surface area contributed by atoms with Crippen LogP contribution in [0.4, 0.5) is 5.95 Å². The fourth-order valence-corrected chi connectivity index (χ4v) is 1.77. The maximum Gasteiger partial charge on any atom is 0.231 e. The van der Waals surface area contributed by atoms with Crippen LogP contribution in [0.3, 0.4) is 0 Å². The van der Waals surface area contributed by atoms with Gasteiger partial charge in [-0.25, -0.2) is 4.68 Å². The Labute approximate surface area is 88.1 Å². The second-order valence-corrected chi connectivity index (χ2v) is 3.94. The van der Waals surface area contributed by atoms with Crippen molar-refractivity contribution in [3.05, 3.63) is 6.33 Å². The average molecular weight is 209 g/mol. The molecule has 0 aliphatic carbocycles. The van der Waals surface area contributed by atoms with Gasteiger partial charge in [0.25, 0.3) is 0 Å². The van der Waals surface area contributed by atoms with E-state index in [-0.39, 0.29) is 11.8 Å². The summed E-state index contributed by atoms with van der Waals surface area (Å²) in [6.07, 6.45) is 1.42. The second-order valence-electron chi connectivity index (χ2n) is 3.94. The van der Waals surface area contributed by atoms with Crippen molar-refractivity contribution in [2.24, 2.45) is 18.9 Å². The Balaban J connectivity index is 2.01. The Morgan fingerprint density at radius 2 is 2.47 bits per heavy atom. The van der Waals surface area contributed by atoms with E-state index in [0.29, 0.717) is 11.9 Å². The van der Waals surface area contributed by atoms with Crippen LogP contribution in [0.1, 0.15) is 6.92 Å². The number of nitrogens with zero attached hydrogens (tertiary/aromatic N) is 3. The molecule has 0 saturated carbocycles. The lowest BCUT2D eigenvalue weighted by Gasteiger charge is -2.13. The molecule has 0 aromatic carbocycles. The van der Waals surface area contributed by atoms with Crippen LogP contribution in [0.2, 0.25) is 0 Å². The minimum atomic E-state index is 0.0172. The summed E-state index contributed by atoms with van der Waals surface area (Å²) < 4.78 is 1.55. The van der Waals surface area contributed by atoms with Crippen molar-refractivity contribution >= 4 is 11.9 Å². The third-order valence-electron chi connectivity index (χ3n) is 2.80. The maximum atomic E-state index is 11.8. The summed E-state index contributed by atoms with van der Waals surface area (Å²) >= 11 is 0. The molecule has 1 aromatic rings. The van der Waals surface area contributed by atoms with Crippen LogP contribution in [0.15, 0.2) is 6.33 Å². The second kappa shape index (κ2) is 3.98. The van der Waals surface area contributed by atoms with Gasteiger partial charge in [-0.3, -0.25) is 10.1 Å². The molecule has 2 rings (SSSR count). The first kappa shape index (κ1) is 10.1. The van der Waals surface area contributed by atoms with Gasteiger partial charge >= 0.3 is 0 Å². The molecule has 1 aliphatic heterocycles. The average Bonchev–Trinajstić information content (AvgIpc) is 2.76. The van der Waals surface area contributed by atoms with Crippen molar-refractivity contribution in [1.82, 2.24) is 20.1 Å². The third kappa shape index (κ3) is 1.99. The van der Waals surface area contributed by atoms with Gasteiger partial charge in [0.2, 0.25) is 11.9 Å². The fraction of sp³-hybridized carbons (Fsp3) is 0.667. The standard InChI is InChI=1S/C9H15N5O/c1-6-3-10-4-7(6)8(15)13-9-11-5-12-14(9)2/h5-7,10H,3-4H2,1-2H3,(H,11,12,13,15). The summed E-state index contributed by atoms with van der Waals surface area (Å²) in [5, 5.41) is 9.86. The van der Waals surface area contributed by atoms with E-state index in [1.165, 1.54) is 6.33 Å². The van der Waals surface area contributed by atoms with Crippen molar-refractivity contribution in [2.75, 3.05) is 18.4 Å². The van der Waals surface area contributed by atoms with Crippen molar-refractivity contribution in [2.45, 2.75) is 6.92 Å². The zero-order valence-electron chi connectivity index (χ0n) is 8.90. The number of aromatic nitrogens is 3. The molecule has 1 amide bonds. The SMILES string of the molecule is CC1CNCC1C(=O)Nc1ncnn1C. The van der Waals surface area contributed by atoms with Gasteiger partial charge in [-0.05, 0) is 12.5 Å². The number of rotatable bonds is 2. The topological polar surface area (TPSA) is 71.8 Å². The number of hydrogen-bond donors (Lipinski definition) is 2. The van der Waals surface area contributed by atoms with Gasteiger partial charge in [0.15, 0.2) is 0 Å². The predicted molar refractivity (Wildman–Crippen MR) is 55.2 cm³/mol. The quantitative estimate of drug-likeness (QED) is 0.695. The van der Waals surface area contributed by atoms with Gasteiger partial charge in [-0.15, -0.1) is 0 Å². The molecule has 2 atom stereocenters. The minimum Gasteiger partial charge on any atom is -0.316 e. The highest BCUT2D eigenvalue weighted by Gasteiger charge is 2.30. The van der Waals surface area contributed by atoms with Crippen LogP contribution >= 0.6 is 0 Å². The molecule has 2 heterocycles. The van der Waals surface area contributed by atoms with E-state index in [9.17, 15) is 4.79 Å². The number of anilines is 1. The van der Waals surface area contributed by atoms with E-state index in [2.05, 4.69) is 27.6 Å². The lowest BCUT2D eigenvalue weighted by Crippen LogP contribution is -2.29. The van der Waals surface area contributed by atoms with Gasteiger partial charge in [0.05, 0.1) is 5.92 Å². The van der Waals surface area contributed by atoms with Gasteiger partial charge in [0.1, 0.15) is 6.33 Å². The van der Waals surface area contributed by atoms with Gasteiger partial charge in [-0.2, -0.15) is 10.1 Å². The van der Waals surface area contributed by atoms with E-state index in [1.807, 2.05) is 0 Å². The van der Waals surface area contributed by atoms with Crippen LogP contribution in [0, 0.1) is 11.8 Å². The fourth-order valence-electron chi connectivity index (χ4n) is 1.77. The van der Waals surface area contributed by atoms with E-state index in [0.717, 1.165) is 13.1 Å². The zero-order valence-corrected chi connectivity index (χ0v) is 8.90. The van der Waals surface area contributed by atoms with E-state index >= 15 is 0 Å². The molecular formula is C9H15N5O. The lowest BCUT2D eigenvalue weighted by molar-refractivity contribution is -0.120. The van der Waals surface area contributed by atoms with Gasteiger partial charge < -0.3 is 5.32 Å². The first-order chi connectivity index (χ1) is 7.18. The number of carbonyl (C=O) groups is 1. The molecule has 2 N–H and O–H groups in total. The van der Waals surface area contributed by atoms with E-state index in [1.54, 1.807) is 11.7 Å². The number of carbonyl (C=O) groups excluding carboxylic acids is 1. The zero-order chi connectivity index (χ0) is 10.8. The molecule has 0 spiro atoms. The number of nitrogens with one attached hydrogen (secondary N) is 2. The molecule has 1 saturated heterocycles. The first-order valence-electron chi connectivity index (χ1n) is 5.04. The Hall–Kier alpha value is -1.43. The maximum absolute atomic E-state index is 11.8. The molecular weight excluding hydrogens is 194 g/mol. The van der Waals surface area contributed by atoms with Crippen LogP contribution in [-0.2, 0) is 11.8 Å². The predicted octanol–water partition coefficient (Wildman–Crippen LogP) is -0.391. The summed E-state index contributed by atoms with van der Waals surface area (Å²) in [5.74, 6) is 0.919. The smallest absolute Gasteiger partial charge is 0.231 e. The lowest BCUT2D eigenvalue weighted by atomic mass is 9.97. The van der Waals surface area contributed by atoms with Crippen LogP contribution in [-0.4, -0.2) is 33.8 Å². The molecule has 1 aliphatic rings. The molecule has 1 aromatic heterocycles. The number of hydrogen-bond acceptors (Lipinski definition) is 4. The number of amides is 1. The Morgan fingerprint density at radius 3 is 3.00 bits per heavy atom. The summed E-state index contributed by atoms with van der Waals surface area (Å²) in [5.41, 5.74) is 0. The highest BCUT2D eigenvalue weighted by Crippen LogP contribution is 2.17. The monoisotopic (exact) mass is 209 g/mol. The van der Waals surface area contributed by atoms with Crippen molar-refractivity contribution in [3.63, 3.8) is 0 Å². The molecule has 1 fully saturated rings. The normalized spacial score (nSPS) is 25.5. The molecule has 82 valence electrons. The Kier molecular flexibility index (Phi) is 2.68.